The van der Waals surface area contributed by atoms with E-state index in [0.717, 1.165) is 22.4 Å². The lowest BCUT2D eigenvalue weighted by molar-refractivity contribution is -0.115. The van der Waals surface area contributed by atoms with E-state index >= 15 is 0 Å². The highest BCUT2D eigenvalue weighted by Gasteiger charge is 2.23. The van der Waals surface area contributed by atoms with E-state index in [1.165, 1.54) is 11.8 Å². The second-order valence-electron chi connectivity index (χ2n) is 3.91. The predicted octanol–water partition coefficient (Wildman–Crippen LogP) is 1.58. The maximum absolute atomic E-state index is 11.6. The first kappa shape index (κ1) is 12.1. The molecule has 17 heavy (non-hydrogen) atoms. The van der Waals surface area contributed by atoms with Gasteiger partial charge in [0.2, 0.25) is 5.91 Å². The van der Waals surface area contributed by atoms with Crippen LogP contribution in [0, 0.1) is 0 Å². The first-order chi connectivity index (χ1) is 8.15. The molecule has 1 aliphatic heterocycles. The van der Waals surface area contributed by atoms with Gasteiger partial charge in [-0.3, -0.25) is 4.79 Å². The highest BCUT2D eigenvalue weighted by Crippen LogP contribution is 2.36. The van der Waals surface area contributed by atoms with Crippen molar-refractivity contribution in [1.82, 2.24) is 5.32 Å². The Hall–Kier alpha value is -1.33. The summed E-state index contributed by atoms with van der Waals surface area (Å²) >= 11 is 1.53. The van der Waals surface area contributed by atoms with Crippen LogP contribution in [0.2, 0.25) is 0 Å². The van der Waals surface area contributed by atoms with Crippen LogP contribution in [0.1, 0.15) is 18.5 Å². The van der Waals surface area contributed by atoms with Crippen LogP contribution >= 0.6 is 11.8 Å². The molecule has 1 amide bonds. The van der Waals surface area contributed by atoms with Crippen LogP contribution < -0.4 is 10.6 Å². The molecule has 0 aliphatic carbocycles. The summed E-state index contributed by atoms with van der Waals surface area (Å²) in [4.78, 5) is 23.5. The molecular formula is C12H14N2O2S. The van der Waals surface area contributed by atoms with Gasteiger partial charge in [0.15, 0.2) is 0 Å². The fourth-order valence-corrected chi connectivity index (χ4v) is 2.66. The number of aldehydes is 1. The average Bonchev–Trinajstić information content (AvgIpc) is 2.32. The normalized spacial score (nSPS) is 20.4. The van der Waals surface area contributed by atoms with E-state index in [1.807, 2.05) is 25.1 Å². The van der Waals surface area contributed by atoms with Crippen molar-refractivity contribution in [2.75, 3.05) is 12.4 Å². The maximum atomic E-state index is 11.6. The minimum atomic E-state index is -0.332. The van der Waals surface area contributed by atoms with Crippen LogP contribution in [0.15, 0.2) is 23.1 Å². The van der Waals surface area contributed by atoms with Crippen LogP contribution in [0.3, 0.4) is 0 Å². The maximum Gasteiger partial charge on any atom is 0.237 e. The van der Waals surface area contributed by atoms with Gasteiger partial charge in [-0.15, -0.1) is 11.8 Å². The van der Waals surface area contributed by atoms with Gasteiger partial charge in [0.1, 0.15) is 6.29 Å². The minimum Gasteiger partial charge on any atom is -0.324 e. The molecule has 0 saturated heterocycles. The summed E-state index contributed by atoms with van der Waals surface area (Å²) in [7, 11) is 1.73. The van der Waals surface area contributed by atoms with E-state index in [9.17, 15) is 9.59 Å². The lowest BCUT2D eigenvalue weighted by atomic mass is 10.1. The molecule has 2 N–H and O–H groups in total. The molecule has 0 fully saturated rings. The van der Waals surface area contributed by atoms with E-state index in [-0.39, 0.29) is 17.2 Å². The molecule has 1 aliphatic rings. The van der Waals surface area contributed by atoms with Crippen molar-refractivity contribution < 1.29 is 9.59 Å². The highest BCUT2D eigenvalue weighted by atomic mass is 32.2. The zero-order valence-electron chi connectivity index (χ0n) is 9.69. The third kappa shape index (κ3) is 2.35. The van der Waals surface area contributed by atoms with E-state index in [4.69, 9.17) is 0 Å². The Bertz CT molecular complexity index is 462. The predicted molar refractivity (Wildman–Crippen MR) is 68.3 cm³/mol. The van der Waals surface area contributed by atoms with Crippen molar-refractivity contribution in [3.63, 3.8) is 0 Å². The summed E-state index contributed by atoms with van der Waals surface area (Å²) in [5, 5.41) is 5.69. The van der Waals surface area contributed by atoms with Gasteiger partial charge >= 0.3 is 0 Å². The minimum absolute atomic E-state index is 0.00626. The quantitative estimate of drug-likeness (QED) is 0.800. The molecule has 4 nitrogen and oxygen atoms in total. The number of thioether (sulfide) groups is 1. The van der Waals surface area contributed by atoms with Crippen molar-refractivity contribution in [3.8, 4) is 0 Å². The first-order valence-electron chi connectivity index (χ1n) is 5.39. The summed E-state index contributed by atoms with van der Waals surface area (Å²) in [6, 6.07) is 5.37. The third-order valence-corrected chi connectivity index (χ3v) is 3.92. The molecular weight excluding hydrogens is 236 g/mol. The number of benzene rings is 1. The second-order valence-corrected chi connectivity index (χ2v) is 5.29. The number of anilines is 1. The van der Waals surface area contributed by atoms with Gasteiger partial charge in [0.25, 0.3) is 0 Å². The Balaban J connectivity index is 2.34. The molecule has 1 aromatic carbocycles. The number of hydrogen-bond donors (Lipinski definition) is 2. The highest BCUT2D eigenvalue weighted by molar-refractivity contribution is 8.00. The molecule has 90 valence electrons. The standard InChI is InChI=1S/C12H14N2O2S/c1-7-12(16)14-9-5-8(10(6-15)13-2)3-4-11(9)17-7/h3-7,10,13H,1-2H3,(H,14,16). The summed E-state index contributed by atoms with van der Waals surface area (Å²) in [5.74, 6) is 0.00626. The fourth-order valence-electron chi connectivity index (χ4n) is 1.73. The number of hydrogen-bond acceptors (Lipinski definition) is 4. The molecule has 2 rings (SSSR count). The molecule has 0 aromatic heterocycles. The van der Waals surface area contributed by atoms with E-state index < -0.39 is 0 Å². The van der Waals surface area contributed by atoms with Gasteiger partial charge in [0.05, 0.1) is 17.0 Å². The molecule has 0 spiro atoms. The Morgan fingerprint density at radius 2 is 2.29 bits per heavy atom. The SMILES string of the molecule is CNC(C=O)c1ccc2c(c1)NC(=O)C(C)S2. The summed E-state index contributed by atoms with van der Waals surface area (Å²) in [6.07, 6.45) is 0.849. The molecule has 0 saturated carbocycles. The van der Waals surface area contributed by atoms with Gasteiger partial charge in [-0.1, -0.05) is 6.07 Å². The van der Waals surface area contributed by atoms with Gasteiger partial charge in [-0.2, -0.15) is 0 Å². The summed E-state index contributed by atoms with van der Waals surface area (Å²) < 4.78 is 0. The van der Waals surface area contributed by atoms with E-state index in [2.05, 4.69) is 10.6 Å². The number of carbonyl (C=O) groups is 2. The largest absolute Gasteiger partial charge is 0.324 e. The van der Waals surface area contributed by atoms with Crippen molar-refractivity contribution in [3.05, 3.63) is 23.8 Å². The number of carbonyl (C=O) groups excluding carboxylic acids is 2. The van der Waals surface area contributed by atoms with Crippen LogP contribution in [-0.2, 0) is 9.59 Å². The number of fused-ring (bicyclic) bond motifs is 1. The van der Waals surface area contributed by atoms with Gasteiger partial charge in [0, 0.05) is 4.90 Å². The molecule has 5 heteroatoms. The van der Waals surface area contributed by atoms with Crippen molar-refractivity contribution in [2.24, 2.45) is 0 Å². The molecule has 1 aromatic rings. The monoisotopic (exact) mass is 250 g/mol. The Labute approximate surface area is 104 Å². The topological polar surface area (TPSA) is 58.2 Å². The summed E-state index contributed by atoms with van der Waals surface area (Å²) in [5.41, 5.74) is 1.65. The Morgan fingerprint density at radius 3 is 2.94 bits per heavy atom. The number of likely N-dealkylation sites (N-methyl/N-ethyl adjacent to an activating group) is 1. The molecule has 2 atom stereocenters. The van der Waals surface area contributed by atoms with Crippen LogP contribution in [0.25, 0.3) is 0 Å². The fraction of sp³-hybridized carbons (Fsp3) is 0.333. The zero-order chi connectivity index (χ0) is 12.4. The van der Waals surface area contributed by atoms with E-state index in [1.54, 1.807) is 7.05 Å². The molecule has 0 bridgehead atoms. The smallest absolute Gasteiger partial charge is 0.237 e. The number of rotatable bonds is 3. The second kappa shape index (κ2) is 4.89. The lowest BCUT2D eigenvalue weighted by Crippen LogP contribution is -2.27. The summed E-state index contributed by atoms with van der Waals surface area (Å²) in [6.45, 7) is 1.87. The van der Waals surface area contributed by atoms with Gasteiger partial charge in [-0.05, 0) is 31.7 Å². The molecule has 1 heterocycles. The Kier molecular flexibility index (Phi) is 3.49. The van der Waals surface area contributed by atoms with E-state index in [0.29, 0.717) is 0 Å². The zero-order valence-corrected chi connectivity index (χ0v) is 10.5. The number of nitrogens with one attached hydrogen (secondary N) is 2. The Morgan fingerprint density at radius 1 is 1.53 bits per heavy atom. The van der Waals surface area contributed by atoms with Gasteiger partial charge in [-0.25, -0.2) is 0 Å². The van der Waals surface area contributed by atoms with Crippen LogP contribution in [0.5, 0.6) is 0 Å². The molecule has 2 unspecified atom stereocenters. The third-order valence-electron chi connectivity index (χ3n) is 2.74. The van der Waals surface area contributed by atoms with Gasteiger partial charge < -0.3 is 15.4 Å². The van der Waals surface area contributed by atoms with Crippen molar-refractivity contribution in [1.29, 1.82) is 0 Å². The average molecular weight is 250 g/mol. The van der Waals surface area contributed by atoms with Crippen molar-refractivity contribution in [2.45, 2.75) is 23.1 Å². The van der Waals surface area contributed by atoms with Crippen molar-refractivity contribution >= 4 is 29.6 Å². The lowest BCUT2D eigenvalue weighted by Gasteiger charge is -2.22. The number of amides is 1. The van der Waals surface area contributed by atoms with Crippen LogP contribution in [-0.4, -0.2) is 24.5 Å². The first-order valence-corrected chi connectivity index (χ1v) is 6.27. The van der Waals surface area contributed by atoms with Crippen LogP contribution in [0.4, 0.5) is 5.69 Å². The molecule has 0 radical (unpaired) electrons.